The topological polar surface area (TPSA) is 66.5 Å². The maximum Gasteiger partial charge on any atom is 0.244 e. The Hall–Kier alpha value is -1.70. The Kier molecular flexibility index (Phi) is 5.10. The lowest BCUT2D eigenvalue weighted by Crippen LogP contribution is -2.51. The van der Waals surface area contributed by atoms with Gasteiger partial charge in [-0.3, -0.25) is 4.79 Å². The molecule has 0 saturated carbocycles. The van der Waals surface area contributed by atoms with Crippen LogP contribution in [0.1, 0.15) is 34.2 Å². The van der Waals surface area contributed by atoms with Crippen molar-refractivity contribution in [3.05, 3.63) is 62.6 Å². The molecule has 0 bridgehead atoms. The number of fused-ring (bicyclic) bond motifs is 2. The monoisotopic (exact) mass is 462 g/mol. The molecule has 1 heterocycles. The molecule has 0 aromatic heterocycles. The van der Waals surface area contributed by atoms with Gasteiger partial charge in [0.15, 0.2) is 0 Å². The van der Waals surface area contributed by atoms with Crippen molar-refractivity contribution in [2.45, 2.75) is 50.1 Å². The molecule has 5 nitrogen and oxygen atoms in total. The summed E-state index contributed by atoms with van der Waals surface area (Å²) in [4.78, 5) is 12.9. The first kappa shape index (κ1) is 19.6. The Balaban J connectivity index is 1.84. The second-order valence-corrected chi connectivity index (χ2v) is 10.2. The normalized spacial score (nSPS) is 19.2. The van der Waals surface area contributed by atoms with E-state index in [4.69, 9.17) is 0 Å². The molecule has 1 aliphatic carbocycles. The third kappa shape index (κ3) is 3.09. The predicted molar refractivity (Wildman–Crippen MR) is 112 cm³/mol. The number of sulfonamides is 1. The van der Waals surface area contributed by atoms with E-state index in [0.717, 1.165) is 46.0 Å². The Morgan fingerprint density at radius 2 is 1.86 bits per heavy atom. The van der Waals surface area contributed by atoms with Gasteiger partial charge in [0, 0.05) is 18.1 Å². The molecule has 1 atom stereocenters. The molecule has 28 heavy (non-hydrogen) atoms. The Bertz CT molecular complexity index is 1070. The highest BCUT2D eigenvalue weighted by Crippen LogP contribution is 2.38. The highest BCUT2D eigenvalue weighted by atomic mass is 79.9. The molecule has 4 rings (SSSR count). The molecule has 2 aromatic carbocycles. The number of benzene rings is 2. The zero-order valence-corrected chi connectivity index (χ0v) is 18.4. The van der Waals surface area contributed by atoms with E-state index in [1.807, 2.05) is 31.2 Å². The van der Waals surface area contributed by atoms with Crippen molar-refractivity contribution in [2.75, 3.05) is 7.05 Å². The molecule has 1 N–H and O–H groups in total. The summed E-state index contributed by atoms with van der Waals surface area (Å²) < 4.78 is 29.7. The SMILES string of the molecule is CNC(=O)[C@@H]1Cc2ccccc2CN1S(=O)(=O)c1cc(Br)c2c(c1C)CCC2. The van der Waals surface area contributed by atoms with Crippen molar-refractivity contribution in [1.29, 1.82) is 0 Å². The summed E-state index contributed by atoms with van der Waals surface area (Å²) in [6, 6.07) is 8.69. The molecule has 0 saturated heterocycles. The quantitative estimate of drug-likeness (QED) is 0.761. The molecular formula is C21H23BrN2O3S. The van der Waals surface area contributed by atoms with Crippen LogP contribution in [0.3, 0.4) is 0 Å². The molecule has 148 valence electrons. The lowest BCUT2D eigenvalue weighted by atomic mass is 9.95. The summed E-state index contributed by atoms with van der Waals surface area (Å²) in [6.45, 7) is 2.08. The first-order valence-corrected chi connectivity index (χ1v) is 11.7. The van der Waals surface area contributed by atoms with E-state index in [9.17, 15) is 13.2 Å². The molecule has 1 aliphatic heterocycles. The van der Waals surface area contributed by atoms with Crippen LogP contribution in [0.5, 0.6) is 0 Å². The van der Waals surface area contributed by atoms with Gasteiger partial charge in [-0.2, -0.15) is 4.31 Å². The lowest BCUT2D eigenvalue weighted by molar-refractivity contribution is -0.124. The summed E-state index contributed by atoms with van der Waals surface area (Å²) in [6.07, 6.45) is 3.27. The standard InChI is InChI=1S/C21H23BrN2O3S/c1-13-16-8-5-9-17(16)18(22)11-20(13)28(26,27)24-12-15-7-4-3-6-14(15)10-19(24)21(25)23-2/h3-4,6-7,11,19H,5,8-10,12H2,1-2H3,(H,23,25)/t19-/m0/s1. The number of amides is 1. The van der Waals surface area contributed by atoms with Gasteiger partial charge in [-0.1, -0.05) is 40.2 Å². The van der Waals surface area contributed by atoms with Crippen molar-refractivity contribution in [2.24, 2.45) is 0 Å². The first-order valence-electron chi connectivity index (χ1n) is 9.45. The van der Waals surface area contributed by atoms with E-state index >= 15 is 0 Å². The van der Waals surface area contributed by atoms with Gasteiger partial charge >= 0.3 is 0 Å². The fourth-order valence-electron chi connectivity index (χ4n) is 4.42. The van der Waals surface area contributed by atoms with E-state index in [2.05, 4.69) is 21.2 Å². The number of hydrogen-bond donors (Lipinski definition) is 1. The van der Waals surface area contributed by atoms with E-state index < -0.39 is 16.1 Å². The summed E-state index contributed by atoms with van der Waals surface area (Å²) in [5, 5.41) is 2.63. The summed E-state index contributed by atoms with van der Waals surface area (Å²) in [5.41, 5.74) is 5.12. The van der Waals surface area contributed by atoms with Gasteiger partial charge in [0.2, 0.25) is 15.9 Å². The third-order valence-electron chi connectivity index (χ3n) is 5.93. The van der Waals surface area contributed by atoms with Crippen LogP contribution in [0.15, 0.2) is 39.7 Å². The second-order valence-electron chi connectivity index (χ2n) is 7.45. The molecule has 0 unspecified atom stereocenters. The summed E-state index contributed by atoms with van der Waals surface area (Å²) in [5.74, 6) is -0.282. The molecule has 2 aromatic rings. The second kappa shape index (κ2) is 7.28. The number of carbonyl (C=O) groups is 1. The molecule has 0 spiro atoms. The molecule has 1 amide bonds. The molecular weight excluding hydrogens is 440 g/mol. The Morgan fingerprint density at radius 3 is 2.57 bits per heavy atom. The molecule has 0 fully saturated rings. The van der Waals surface area contributed by atoms with Gasteiger partial charge in [0.25, 0.3) is 0 Å². The average molecular weight is 463 g/mol. The number of hydrogen-bond acceptors (Lipinski definition) is 3. The minimum absolute atomic E-state index is 0.199. The fourth-order valence-corrected chi connectivity index (χ4v) is 7.08. The van der Waals surface area contributed by atoms with Gasteiger partial charge in [0.1, 0.15) is 6.04 Å². The number of carbonyl (C=O) groups excluding carboxylic acids is 1. The van der Waals surface area contributed by atoms with Crippen LogP contribution >= 0.6 is 15.9 Å². The Labute approximate surface area is 174 Å². The molecule has 0 radical (unpaired) electrons. The minimum atomic E-state index is -3.84. The van der Waals surface area contributed by atoms with Gasteiger partial charge in [-0.25, -0.2) is 8.42 Å². The van der Waals surface area contributed by atoms with E-state index in [-0.39, 0.29) is 12.5 Å². The van der Waals surface area contributed by atoms with Crippen LogP contribution in [0, 0.1) is 6.92 Å². The van der Waals surface area contributed by atoms with Crippen LogP contribution in [-0.2, 0) is 40.6 Å². The van der Waals surface area contributed by atoms with Gasteiger partial charge < -0.3 is 5.32 Å². The van der Waals surface area contributed by atoms with Crippen molar-refractivity contribution in [1.82, 2.24) is 9.62 Å². The number of nitrogens with one attached hydrogen (secondary N) is 1. The highest BCUT2D eigenvalue weighted by Gasteiger charge is 2.40. The van der Waals surface area contributed by atoms with E-state index in [1.165, 1.54) is 9.87 Å². The lowest BCUT2D eigenvalue weighted by Gasteiger charge is -2.35. The van der Waals surface area contributed by atoms with Crippen molar-refractivity contribution in [3.63, 3.8) is 0 Å². The van der Waals surface area contributed by atoms with Crippen molar-refractivity contribution in [3.8, 4) is 0 Å². The van der Waals surface area contributed by atoms with E-state index in [1.54, 1.807) is 13.1 Å². The van der Waals surface area contributed by atoms with Crippen LogP contribution in [-0.4, -0.2) is 31.7 Å². The Morgan fingerprint density at radius 1 is 1.18 bits per heavy atom. The maximum atomic E-state index is 13.7. The van der Waals surface area contributed by atoms with Crippen LogP contribution in [0.4, 0.5) is 0 Å². The number of rotatable bonds is 3. The minimum Gasteiger partial charge on any atom is -0.358 e. The van der Waals surface area contributed by atoms with Crippen molar-refractivity contribution >= 4 is 31.9 Å². The zero-order chi connectivity index (χ0) is 20.1. The summed E-state index contributed by atoms with van der Waals surface area (Å²) in [7, 11) is -2.29. The third-order valence-corrected chi connectivity index (χ3v) is 8.62. The smallest absolute Gasteiger partial charge is 0.244 e. The first-order chi connectivity index (χ1) is 13.3. The fraction of sp³-hybridized carbons (Fsp3) is 0.381. The highest BCUT2D eigenvalue weighted by molar-refractivity contribution is 9.10. The van der Waals surface area contributed by atoms with Crippen molar-refractivity contribution < 1.29 is 13.2 Å². The van der Waals surface area contributed by atoms with Gasteiger partial charge in [-0.15, -0.1) is 0 Å². The predicted octanol–water partition coefficient (Wildman–Crippen LogP) is 3.11. The summed E-state index contributed by atoms with van der Waals surface area (Å²) >= 11 is 3.57. The molecule has 2 aliphatic rings. The number of likely N-dealkylation sites (N-methyl/N-ethyl adjacent to an activating group) is 1. The maximum absolute atomic E-state index is 13.7. The van der Waals surface area contributed by atoms with Crippen LogP contribution in [0.25, 0.3) is 0 Å². The van der Waals surface area contributed by atoms with E-state index in [0.29, 0.717) is 11.3 Å². The largest absolute Gasteiger partial charge is 0.358 e. The van der Waals surface area contributed by atoms with Crippen LogP contribution < -0.4 is 5.32 Å². The average Bonchev–Trinajstić information content (AvgIpc) is 3.20. The van der Waals surface area contributed by atoms with Gasteiger partial charge in [0.05, 0.1) is 4.90 Å². The number of nitrogens with zero attached hydrogens (tertiary/aromatic N) is 1. The number of halogens is 1. The zero-order valence-electron chi connectivity index (χ0n) is 16.0. The van der Waals surface area contributed by atoms with Crippen LogP contribution in [0.2, 0.25) is 0 Å². The molecule has 7 heteroatoms. The van der Waals surface area contributed by atoms with Gasteiger partial charge in [-0.05, 0) is 66.5 Å².